The molecule has 0 atom stereocenters. The van der Waals surface area contributed by atoms with Crippen LogP contribution < -0.4 is 4.74 Å². The molecule has 0 saturated carbocycles. The molecule has 6 nitrogen and oxygen atoms in total. The average Bonchev–Trinajstić information content (AvgIpc) is 3.00. The van der Waals surface area contributed by atoms with Crippen molar-refractivity contribution < 1.29 is 4.74 Å². The number of nitrogens with zero attached hydrogens (tertiary/aromatic N) is 5. The number of allylic oxidation sites excluding steroid dienone is 1. The van der Waals surface area contributed by atoms with E-state index in [2.05, 4.69) is 21.3 Å². The van der Waals surface area contributed by atoms with E-state index in [1.165, 1.54) is 11.3 Å². The maximum Gasteiger partial charge on any atom is 0.233 e. The number of ether oxygens (including phenoxy) is 1. The molecule has 22 heavy (non-hydrogen) atoms. The largest absolute Gasteiger partial charge is 0.497 e. The molecule has 0 bridgehead atoms. The van der Waals surface area contributed by atoms with Gasteiger partial charge in [0, 0.05) is 14.1 Å². The van der Waals surface area contributed by atoms with Gasteiger partial charge in [0.15, 0.2) is 5.01 Å². The van der Waals surface area contributed by atoms with Crippen LogP contribution >= 0.6 is 11.3 Å². The first-order valence-electron chi connectivity index (χ1n) is 6.42. The van der Waals surface area contributed by atoms with E-state index in [0.29, 0.717) is 15.7 Å². The zero-order valence-electron chi connectivity index (χ0n) is 12.5. The van der Waals surface area contributed by atoms with Gasteiger partial charge in [0.25, 0.3) is 0 Å². The van der Waals surface area contributed by atoms with Crippen molar-refractivity contribution in [2.75, 3.05) is 21.2 Å². The van der Waals surface area contributed by atoms with Crippen LogP contribution in [0.25, 0.3) is 11.6 Å². The van der Waals surface area contributed by atoms with E-state index in [1.54, 1.807) is 24.4 Å². The maximum absolute atomic E-state index is 9.32. The minimum atomic E-state index is 0.453. The summed E-state index contributed by atoms with van der Waals surface area (Å²) in [6, 6.07) is 9.59. The zero-order valence-corrected chi connectivity index (χ0v) is 13.3. The summed E-state index contributed by atoms with van der Waals surface area (Å²) in [7, 11) is 5.36. The van der Waals surface area contributed by atoms with Gasteiger partial charge in [0.2, 0.25) is 5.13 Å². The minimum Gasteiger partial charge on any atom is -0.497 e. The van der Waals surface area contributed by atoms with E-state index >= 15 is 0 Å². The fourth-order valence-corrected chi connectivity index (χ4v) is 2.20. The van der Waals surface area contributed by atoms with E-state index < -0.39 is 0 Å². The number of hydrogen-bond acceptors (Lipinski definition) is 6. The molecular formula is C15H15N5OS. The molecule has 0 fully saturated rings. The molecule has 1 aromatic carbocycles. The Balaban J connectivity index is 2.24. The third-order valence-corrected chi connectivity index (χ3v) is 3.46. The summed E-state index contributed by atoms with van der Waals surface area (Å²) in [5.74, 6) is 0.770. The van der Waals surface area contributed by atoms with Crippen LogP contribution in [0.15, 0.2) is 29.3 Å². The fraction of sp³-hybridized carbons (Fsp3) is 0.200. The van der Waals surface area contributed by atoms with Crippen molar-refractivity contribution in [2.45, 2.75) is 0 Å². The lowest BCUT2D eigenvalue weighted by molar-refractivity contribution is 0.415. The van der Waals surface area contributed by atoms with E-state index in [1.807, 2.05) is 38.4 Å². The van der Waals surface area contributed by atoms with Crippen LogP contribution in [0.4, 0.5) is 5.13 Å². The lowest BCUT2D eigenvalue weighted by Crippen LogP contribution is -2.06. The van der Waals surface area contributed by atoms with Crippen molar-refractivity contribution in [1.29, 1.82) is 5.26 Å². The Kier molecular flexibility index (Phi) is 5.22. The molecule has 0 aliphatic carbocycles. The van der Waals surface area contributed by atoms with Crippen molar-refractivity contribution >= 4 is 34.5 Å². The zero-order chi connectivity index (χ0) is 15.9. The lowest BCUT2D eigenvalue weighted by atomic mass is 10.1. The Labute approximate surface area is 133 Å². The molecule has 0 radical (unpaired) electrons. The molecule has 0 saturated heterocycles. The van der Waals surface area contributed by atoms with Crippen LogP contribution in [-0.2, 0) is 0 Å². The summed E-state index contributed by atoms with van der Waals surface area (Å²) in [6.07, 6.45) is 3.41. The molecule has 0 aliphatic rings. The summed E-state index contributed by atoms with van der Waals surface area (Å²) in [4.78, 5) is 5.97. The molecule has 0 spiro atoms. The first kappa shape index (κ1) is 15.7. The van der Waals surface area contributed by atoms with Crippen molar-refractivity contribution in [3.05, 3.63) is 34.8 Å². The molecule has 0 N–H and O–H groups in total. The van der Waals surface area contributed by atoms with Crippen molar-refractivity contribution in [2.24, 2.45) is 4.99 Å². The Bertz CT molecular complexity index is 725. The molecule has 0 unspecified atom stereocenters. The predicted molar refractivity (Wildman–Crippen MR) is 88.2 cm³/mol. The molecule has 0 amide bonds. The molecule has 0 aliphatic heterocycles. The van der Waals surface area contributed by atoms with Crippen LogP contribution in [0.1, 0.15) is 10.6 Å². The minimum absolute atomic E-state index is 0.453. The molecule has 1 heterocycles. The molecule has 1 aromatic heterocycles. The van der Waals surface area contributed by atoms with Gasteiger partial charge >= 0.3 is 0 Å². The Hall–Kier alpha value is -2.72. The van der Waals surface area contributed by atoms with Crippen LogP contribution in [0.2, 0.25) is 0 Å². The monoisotopic (exact) mass is 313 g/mol. The lowest BCUT2D eigenvalue weighted by Gasteiger charge is -2.00. The normalized spacial score (nSPS) is 11.5. The second kappa shape index (κ2) is 7.33. The summed E-state index contributed by atoms with van der Waals surface area (Å²) in [6.45, 7) is 0. The number of benzene rings is 1. The first-order valence-corrected chi connectivity index (χ1v) is 7.24. The van der Waals surface area contributed by atoms with Gasteiger partial charge in [-0.05, 0) is 23.8 Å². The third-order valence-electron chi connectivity index (χ3n) is 2.59. The van der Waals surface area contributed by atoms with Gasteiger partial charge in [-0.3, -0.25) is 0 Å². The molecular weight excluding hydrogens is 298 g/mol. The van der Waals surface area contributed by atoms with Crippen molar-refractivity contribution in [3.8, 4) is 11.8 Å². The number of nitriles is 1. The standard InChI is InChI=1S/C15H15N5OS/c1-20(2)10-17-15-19-18-14(22-15)12(9-16)8-11-4-6-13(21-3)7-5-11/h4-8,10H,1-3H3/b12-8+,17-10?. The Morgan fingerprint density at radius 1 is 1.32 bits per heavy atom. The number of hydrogen-bond donors (Lipinski definition) is 0. The van der Waals surface area contributed by atoms with Gasteiger partial charge in [0.05, 0.1) is 19.0 Å². The van der Waals surface area contributed by atoms with E-state index in [-0.39, 0.29) is 0 Å². The quantitative estimate of drug-likeness (QED) is 0.482. The van der Waals surface area contributed by atoms with Crippen LogP contribution in [-0.4, -0.2) is 42.6 Å². The highest BCUT2D eigenvalue weighted by Gasteiger charge is 2.08. The first-order chi connectivity index (χ1) is 10.6. The summed E-state index contributed by atoms with van der Waals surface area (Å²) < 4.78 is 5.11. The van der Waals surface area contributed by atoms with Crippen LogP contribution in [0.3, 0.4) is 0 Å². The highest BCUT2D eigenvalue weighted by atomic mass is 32.1. The highest BCUT2D eigenvalue weighted by Crippen LogP contribution is 2.26. The van der Waals surface area contributed by atoms with Gasteiger partial charge < -0.3 is 9.64 Å². The van der Waals surface area contributed by atoms with E-state index in [9.17, 15) is 5.26 Å². The number of methoxy groups -OCH3 is 1. The smallest absolute Gasteiger partial charge is 0.233 e. The van der Waals surface area contributed by atoms with E-state index in [4.69, 9.17) is 4.74 Å². The summed E-state index contributed by atoms with van der Waals surface area (Å²) in [5, 5.41) is 18.4. The van der Waals surface area contributed by atoms with Gasteiger partial charge in [-0.15, -0.1) is 10.2 Å². The third kappa shape index (κ3) is 4.14. The van der Waals surface area contributed by atoms with Gasteiger partial charge in [-0.25, -0.2) is 4.99 Å². The predicted octanol–water partition coefficient (Wildman–Crippen LogP) is 2.83. The van der Waals surface area contributed by atoms with E-state index in [0.717, 1.165) is 11.3 Å². The molecule has 112 valence electrons. The summed E-state index contributed by atoms with van der Waals surface area (Å²) >= 11 is 1.27. The summed E-state index contributed by atoms with van der Waals surface area (Å²) in [5.41, 5.74) is 1.35. The van der Waals surface area contributed by atoms with Gasteiger partial charge in [-0.2, -0.15) is 5.26 Å². The van der Waals surface area contributed by atoms with Crippen LogP contribution in [0, 0.1) is 11.3 Å². The van der Waals surface area contributed by atoms with Gasteiger partial charge in [0.1, 0.15) is 11.8 Å². The van der Waals surface area contributed by atoms with Crippen LogP contribution in [0.5, 0.6) is 5.75 Å². The Morgan fingerprint density at radius 3 is 2.64 bits per heavy atom. The number of aromatic nitrogens is 2. The SMILES string of the molecule is COc1ccc(/C=C(\C#N)c2nnc(N=CN(C)C)s2)cc1. The molecule has 2 rings (SSSR count). The molecule has 7 heteroatoms. The Morgan fingerprint density at radius 2 is 2.05 bits per heavy atom. The second-order valence-corrected chi connectivity index (χ2v) is 5.50. The maximum atomic E-state index is 9.32. The highest BCUT2D eigenvalue weighted by molar-refractivity contribution is 7.16. The van der Waals surface area contributed by atoms with Gasteiger partial charge in [-0.1, -0.05) is 23.5 Å². The average molecular weight is 313 g/mol. The molecule has 2 aromatic rings. The van der Waals surface area contributed by atoms with Crippen molar-refractivity contribution in [3.63, 3.8) is 0 Å². The second-order valence-electron chi connectivity index (χ2n) is 4.54. The fourth-order valence-electron chi connectivity index (χ4n) is 1.55. The topological polar surface area (TPSA) is 74.4 Å². The number of aliphatic imine (C=N–C) groups is 1. The number of rotatable bonds is 5. The van der Waals surface area contributed by atoms with Crippen molar-refractivity contribution in [1.82, 2.24) is 15.1 Å².